The minimum atomic E-state index is -0.660. The normalized spacial score (nSPS) is 13.5. The number of hydrogen-bond donors (Lipinski definition) is 3. The van der Waals surface area contributed by atoms with Crippen molar-refractivity contribution in [2.45, 2.75) is 264 Å². The first kappa shape index (κ1) is 56.8. The van der Waals surface area contributed by atoms with Crippen LogP contribution in [0, 0.1) is 0 Å². The molecule has 0 aliphatic heterocycles. The number of carbonyl (C=O) groups is 1. The smallest absolute Gasteiger partial charge is 0.220 e. The van der Waals surface area contributed by atoms with E-state index in [4.69, 9.17) is 0 Å². The van der Waals surface area contributed by atoms with Crippen molar-refractivity contribution in [1.29, 1.82) is 0 Å². The Labute approximate surface area is 368 Å². The summed E-state index contributed by atoms with van der Waals surface area (Å²) in [5.74, 6) is -0.0327. The second kappa shape index (κ2) is 50.2. The molecule has 0 aromatic carbocycles. The van der Waals surface area contributed by atoms with Crippen molar-refractivity contribution in [3.63, 3.8) is 0 Å². The summed E-state index contributed by atoms with van der Waals surface area (Å²) in [6, 6.07) is -0.537. The molecule has 4 nitrogen and oxygen atoms in total. The summed E-state index contributed by atoms with van der Waals surface area (Å²) in [5, 5.41) is 23.2. The lowest BCUT2D eigenvalue weighted by atomic mass is 10.0. The Morgan fingerprint density at radius 2 is 0.746 bits per heavy atom. The summed E-state index contributed by atoms with van der Waals surface area (Å²) in [4.78, 5) is 12.4. The quantitative estimate of drug-likeness (QED) is 0.0423. The van der Waals surface area contributed by atoms with Gasteiger partial charge in [-0.15, -0.1) is 0 Å². The number of hydrogen-bond acceptors (Lipinski definition) is 3. The van der Waals surface area contributed by atoms with Gasteiger partial charge >= 0.3 is 0 Å². The molecule has 0 aromatic rings. The molecule has 0 aliphatic carbocycles. The maximum absolute atomic E-state index is 12.4. The van der Waals surface area contributed by atoms with E-state index in [2.05, 4.69) is 92.1 Å². The van der Waals surface area contributed by atoms with Crippen molar-refractivity contribution >= 4 is 5.91 Å². The lowest BCUT2D eigenvalue weighted by Crippen LogP contribution is -2.45. The monoisotopic (exact) mass is 822 g/mol. The number of nitrogens with one attached hydrogen (secondary N) is 1. The van der Waals surface area contributed by atoms with Crippen molar-refractivity contribution in [2.75, 3.05) is 6.61 Å². The largest absolute Gasteiger partial charge is 0.394 e. The van der Waals surface area contributed by atoms with Gasteiger partial charge in [0.2, 0.25) is 5.91 Å². The topological polar surface area (TPSA) is 69.6 Å². The number of unbranched alkanes of at least 4 members (excludes halogenated alkanes) is 27. The molecule has 2 atom stereocenters. The molecule has 0 aliphatic rings. The summed E-state index contributed by atoms with van der Waals surface area (Å²) in [6.45, 7) is 4.24. The molecule has 59 heavy (non-hydrogen) atoms. The summed E-state index contributed by atoms with van der Waals surface area (Å²) in [7, 11) is 0. The third kappa shape index (κ3) is 46.7. The average molecular weight is 822 g/mol. The number of rotatable bonds is 46. The van der Waals surface area contributed by atoms with Crippen LogP contribution < -0.4 is 5.32 Å². The molecule has 0 aromatic heterocycles. The molecule has 0 spiro atoms. The highest BCUT2D eigenvalue weighted by atomic mass is 16.3. The van der Waals surface area contributed by atoms with Gasteiger partial charge in [0.05, 0.1) is 18.8 Å². The summed E-state index contributed by atoms with van der Waals surface area (Å²) >= 11 is 0. The van der Waals surface area contributed by atoms with Gasteiger partial charge in [-0.05, 0) is 64.2 Å². The third-order valence-corrected chi connectivity index (χ3v) is 11.5. The SMILES string of the molecule is CC/C=C\C/C=C\C/C=C\C/C=C\C/C=C\C/C=C\CCCCCCCCCCCCCCCCCCC(=O)NC(CO)C(O)CCCCCCCCCCCCCC. The van der Waals surface area contributed by atoms with Crippen LogP contribution in [0.25, 0.3) is 0 Å². The zero-order chi connectivity index (χ0) is 42.8. The van der Waals surface area contributed by atoms with Crippen molar-refractivity contribution in [3.8, 4) is 0 Å². The van der Waals surface area contributed by atoms with Crippen LogP contribution in [0.1, 0.15) is 251 Å². The Hall–Kier alpha value is -2.17. The summed E-state index contributed by atoms with van der Waals surface area (Å²) in [6.07, 6.45) is 71.6. The zero-order valence-electron chi connectivity index (χ0n) is 39.3. The highest BCUT2D eigenvalue weighted by Gasteiger charge is 2.20. The molecular weight excluding hydrogens is 723 g/mol. The Morgan fingerprint density at radius 1 is 0.424 bits per heavy atom. The van der Waals surface area contributed by atoms with Crippen LogP contribution in [-0.2, 0) is 4.79 Å². The van der Waals surface area contributed by atoms with E-state index in [-0.39, 0.29) is 12.5 Å². The zero-order valence-corrected chi connectivity index (χ0v) is 39.3. The van der Waals surface area contributed by atoms with Crippen molar-refractivity contribution in [1.82, 2.24) is 5.32 Å². The molecule has 2 unspecified atom stereocenters. The minimum absolute atomic E-state index is 0.0327. The Kier molecular flexibility index (Phi) is 48.3. The van der Waals surface area contributed by atoms with E-state index >= 15 is 0 Å². The first-order valence-electron chi connectivity index (χ1n) is 25.6. The fraction of sp³-hybridized carbons (Fsp3) is 0.764. The Morgan fingerprint density at radius 3 is 1.12 bits per heavy atom. The van der Waals surface area contributed by atoms with Crippen LogP contribution in [0.4, 0.5) is 0 Å². The molecule has 3 N–H and O–H groups in total. The van der Waals surface area contributed by atoms with Gasteiger partial charge in [-0.3, -0.25) is 4.79 Å². The molecule has 0 heterocycles. The maximum Gasteiger partial charge on any atom is 0.220 e. The van der Waals surface area contributed by atoms with Crippen molar-refractivity contribution in [2.24, 2.45) is 0 Å². The Balaban J connectivity index is 3.47. The highest BCUT2D eigenvalue weighted by Crippen LogP contribution is 2.16. The van der Waals surface area contributed by atoms with Crippen LogP contribution >= 0.6 is 0 Å². The van der Waals surface area contributed by atoms with E-state index in [0.717, 1.165) is 64.2 Å². The van der Waals surface area contributed by atoms with Gasteiger partial charge in [0.15, 0.2) is 0 Å². The van der Waals surface area contributed by atoms with Gasteiger partial charge in [-0.1, -0.05) is 254 Å². The first-order chi connectivity index (χ1) is 29.2. The molecule has 0 saturated carbocycles. The van der Waals surface area contributed by atoms with Crippen LogP contribution in [0.2, 0.25) is 0 Å². The van der Waals surface area contributed by atoms with Crippen molar-refractivity contribution in [3.05, 3.63) is 72.9 Å². The second-order valence-electron chi connectivity index (χ2n) is 17.2. The maximum atomic E-state index is 12.4. The molecule has 0 radical (unpaired) electrons. The predicted molar refractivity (Wildman–Crippen MR) is 262 cm³/mol. The van der Waals surface area contributed by atoms with Crippen LogP contribution in [-0.4, -0.2) is 34.9 Å². The number of allylic oxidation sites excluding steroid dienone is 12. The fourth-order valence-electron chi connectivity index (χ4n) is 7.60. The van der Waals surface area contributed by atoms with E-state index in [1.54, 1.807) is 0 Å². The second-order valence-corrected chi connectivity index (χ2v) is 17.2. The Bertz CT molecular complexity index is 1020. The highest BCUT2D eigenvalue weighted by molar-refractivity contribution is 5.76. The lowest BCUT2D eigenvalue weighted by molar-refractivity contribution is -0.123. The first-order valence-corrected chi connectivity index (χ1v) is 25.6. The fourth-order valence-corrected chi connectivity index (χ4v) is 7.60. The van der Waals surface area contributed by atoms with Gasteiger partial charge < -0.3 is 15.5 Å². The molecule has 0 saturated heterocycles. The molecule has 342 valence electrons. The third-order valence-electron chi connectivity index (χ3n) is 11.5. The number of amides is 1. The standard InChI is InChI=1S/C55H99NO3/c1-3-5-7-9-11-13-15-17-18-19-20-21-22-23-24-25-26-27-28-29-30-31-32-33-34-35-36-37-38-39-41-43-45-47-49-51-55(59)56-53(52-57)54(58)50-48-46-44-42-40-16-14-12-10-8-6-4-2/h5,7,11,13,17-18,20-21,23-24,26-27,53-54,57-58H,3-4,6,8-10,12,14-16,19,22,25,28-52H2,1-2H3,(H,56,59)/b7-5-,13-11-,18-17-,21-20-,24-23-,27-26-. The number of carbonyl (C=O) groups excluding carboxylic acids is 1. The van der Waals surface area contributed by atoms with E-state index in [9.17, 15) is 15.0 Å². The van der Waals surface area contributed by atoms with E-state index in [0.29, 0.717) is 12.8 Å². The lowest BCUT2D eigenvalue weighted by Gasteiger charge is -2.22. The van der Waals surface area contributed by atoms with Crippen molar-refractivity contribution < 1.29 is 15.0 Å². The van der Waals surface area contributed by atoms with E-state index in [1.807, 2.05) is 0 Å². The van der Waals surface area contributed by atoms with E-state index < -0.39 is 12.1 Å². The number of aliphatic hydroxyl groups is 2. The number of aliphatic hydroxyl groups excluding tert-OH is 2. The minimum Gasteiger partial charge on any atom is -0.394 e. The summed E-state index contributed by atoms with van der Waals surface area (Å²) < 4.78 is 0. The van der Waals surface area contributed by atoms with Gasteiger partial charge in [-0.2, -0.15) is 0 Å². The van der Waals surface area contributed by atoms with E-state index in [1.165, 1.54) is 161 Å². The van der Waals surface area contributed by atoms with Gasteiger partial charge in [0.25, 0.3) is 0 Å². The molecule has 0 fully saturated rings. The molecule has 0 rings (SSSR count). The molecular formula is C55H99NO3. The summed E-state index contributed by atoms with van der Waals surface area (Å²) in [5.41, 5.74) is 0. The van der Waals surface area contributed by atoms with Crippen LogP contribution in [0.15, 0.2) is 72.9 Å². The molecule has 4 heteroatoms. The predicted octanol–water partition coefficient (Wildman–Crippen LogP) is 16.6. The molecule has 1 amide bonds. The van der Waals surface area contributed by atoms with Crippen LogP contribution in [0.3, 0.4) is 0 Å². The van der Waals surface area contributed by atoms with Gasteiger partial charge in [0.1, 0.15) is 0 Å². The van der Waals surface area contributed by atoms with Gasteiger partial charge in [0, 0.05) is 6.42 Å². The average Bonchev–Trinajstić information content (AvgIpc) is 3.24. The molecule has 0 bridgehead atoms. The van der Waals surface area contributed by atoms with Gasteiger partial charge in [-0.25, -0.2) is 0 Å². The van der Waals surface area contributed by atoms with Crippen LogP contribution in [0.5, 0.6) is 0 Å².